The van der Waals surface area contributed by atoms with E-state index in [2.05, 4.69) is 96.1 Å². The topological polar surface area (TPSA) is 60.7 Å². The highest BCUT2D eigenvalue weighted by Gasteiger charge is 2.18. The zero-order chi connectivity index (χ0) is 36.0. The molecule has 51 heavy (non-hydrogen) atoms. The van der Waals surface area contributed by atoms with E-state index < -0.39 is 0 Å². The van der Waals surface area contributed by atoms with Crippen molar-refractivity contribution in [1.82, 2.24) is 0 Å². The van der Waals surface area contributed by atoms with Gasteiger partial charge in [0, 0.05) is 0 Å². The van der Waals surface area contributed by atoms with Gasteiger partial charge in [0.15, 0.2) is 0 Å². The lowest BCUT2D eigenvalue weighted by molar-refractivity contribution is 0.475. The lowest BCUT2D eigenvalue weighted by Crippen LogP contribution is -1.97. The zero-order valence-corrected chi connectivity index (χ0v) is 30.0. The van der Waals surface area contributed by atoms with Gasteiger partial charge in [-0.2, -0.15) is 0 Å². The second-order valence-corrected chi connectivity index (χ2v) is 13.9. The second kappa shape index (κ2) is 13.3. The van der Waals surface area contributed by atoms with Crippen LogP contribution in [0.4, 0.5) is 0 Å². The van der Waals surface area contributed by atoms with Gasteiger partial charge < -0.3 is 15.3 Å². The van der Waals surface area contributed by atoms with Crippen molar-refractivity contribution in [1.29, 1.82) is 0 Å². The van der Waals surface area contributed by atoms with E-state index in [-0.39, 0.29) is 17.2 Å². The Bertz CT molecular complexity index is 2060. The van der Waals surface area contributed by atoms with Gasteiger partial charge in [0.1, 0.15) is 17.2 Å². The average Bonchev–Trinajstić information content (AvgIpc) is 3.08. The monoisotopic (exact) mass is 666 g/mol. The molecule has 3 N–H and O–H groups in total. The quantitative estimate of drug-likeness (QED) is 0.166. The Morgan fingerprint density at radius 2 is 0.431 bits per heavy atom. The summed E-state index contributed by atoms with van der Waals surface area (Å²) in [6.07, 6.45) is 0. The molecular weight excluding hydrogens is 625 g/mol. The van der Waals surface area contributed by atoms with Crippen molar-refractivity contribution in [2.24, 2.45) is 0 Å². The van der Waals surface area contributed by atoms with Crippen molar-refractivity contribution in [2.75, 3.05) is 0 Å². The zero-order valence-electron chi connectivity index (χ0n) is 30.0. The molecule has 3 nitrogen and oxygen atoms in total. The van der Waals surface area contributed by atoms with Crippen LogP contribution in [-0.4, -0.2) is 15.3 Å². The summed E-state index contributed by atoms with van der Waals surface area (Å²) in [7, 11) is 0. The first-order chi connectivity index (χ1) is 24.4. The molecule has 0 aliphatic rings. The molecule has 0 heterocycles. The number of hydrogen-bond acceptors (Lipinski definition) is 3. The lowest BCUT2D eigenvalue weighted by Gasteiger charge is -2.20. The van der Waals surface area contributed by atoms with Crippen LogP contribution in [0.2, 0.25) is 0 Å². The number of phenolic OH excluding ortho intramolecular Hbond substituents is 3. The van der Waals surface area contributed by atoms with Crippen LogP contribution in [0.3, 0.4) is 0 Å². The fraction of sp³-hybridized carbons (Fsp3) is 0.125. The standard InChI is InChI=1S/C48H42O3/c1-28-19-37(34-7-13-43(49)14-8-34)20-29(2)46(28)40-25-41(47-30(3)21-38(22-31(47)4)35-9-15-44(50)16-10-35)27-42(26-40)48-32(5)23-39(24-33(48)6)36-11-17-45(51)18-12-36/h7-27,49-51H,1-6H3. The van der Waals surface area contributed by atoms with Crippen molar-refractivity contribution >= 4 is 0 Å². The number of aryl methyl sites for hydroxylation is 6. The summed E-state index contributed by atoms with van der Waals surface area (Å²) in [6, 6.07) is 42.6. The summed E-state index contributed by atoms with van der Waals surface area (Å²) in [5.41, 5.74) is 20.8. The van der Waals surface area contributed by atoms with Crippen LogP contribution in [0, 0.1) is 41.5 Å². The van der Waals surface area contributed by atoms with Crippen molar-refractivity contribution in [3.8, 4) is 84.0 Å². The van der Waals surface area contributed by atoms with Gasteiger partial charge in [-0.05, 0) is 196 Å². The number of aromatic hydroxyl groups is 3. The number of hydrogen-bond donors (Lipinski definition) is 3. The Balaban J connectivity index is 1.42. The largest absolute Gasteiger partial charge is 0.508 e. The molecule has 0 aromatic heterocycles. The Morgan fingerprint density at radius 1 is 0.235 bits per heavy atom. The van der Waals surface area contributed by atoms with Crippen LogP contribution in [0.1, 0.15) is 33.4 Å². The van der Waals surface area contributed by atoms with E-state index in [9.17, 15) is 15.3 Å². The van der Waals surface area contributed by atoms with Crippen LogP contribution in [0.5, 0.6) is 17.2 Å². The van der Waals surface area contributed by atoms with Crippen LogP contribution in [0.25, 0.3) is 66.8 Å². The van der Waals surface area contributed by atoms with Gasteiger partial charge in [-0.1, -0.05) is 72.8 Å². The van der Waals surface area contributed by atoms with E-state index >= 15 is 0 Å². The molecule has 0 saturated heterocycles. The van der Waals surface area contributed by atoms with Gasteiger partial charge in [0.25, 0.3) is 0 Å². The summed E-state index contributed by atoms with van der Waals surface area (Å²) < 4.78 is 0. The van der Waals surface area contributed by atoms with E-state index in [1.807, 2.05) is 36.4 Å². The number of benzene rings is 7. The SMILES string of the molecule is Cc1cc(-c2ccc(O)cc2)cc(C)c1-c1cc(-c2c(C)cc(-c3ccc(O)cc3)cc2C)cc(-c2c(C)cc(-c3ccc(O)cc3)cc2C)c1. The number of rotatable bonds is 6. The van der Waals surface area contributed by atoms with Gasteiger partial charge in [-0.15, -0.1) is 0 Å². The van der Waals surface area contributed by atoms with Crippen LogP contribution in [-0.2, 0) is 0 Å². The summed E-state index contributed by atoms with van der Waals surface area (Å²) in [6.45, 7) is 13.1. The van der Waals surface area contributed by atoms with Crippen LogP contribution >= 0.6 is 0 Å². The predicted molar refractivity (Wildman–Crippen MR) is 212 cm³/mol. The lowest BCUT2D eigenvalue weighted by atomic mass is 9.84. The van der Waals surface area contributed by atoms with Gasteiger partial charge in [-0.25, -0.2) is 0 Å². The summed E-state index contributed by atoms with van der Waals surface area (Å²) in [5, 5.41) is 29.6. The van der Waals surface area contributed by atoms with E-state index in [0.29, 0.717) is 0 Å². The Hall–Kier alpha value is -6.06. The molecule has 7 rings (SSSR count). The highest BCUT2D eigenvalue weighted by molar-refractivity contribution is 5.89. The highest BCUT2D eigenvalue weighted by atomic mass is 16.3. The normalized spacial score (nSPS) is 11.2. The smallest absolute Gasteiger partial charge is 0.115 e. The average molecular weight is 667 g/mol. The second-order valence-electron chi connectivity index (χ2n) is 13.9. The molecule has 0 bridgehead atoms. The van der Waals surface area contributed by atoms with Crippen molar-refractivity contribution in [2.45, 2.75) is 41.5 Å². The summed E-state index contributed by atoms with van der Waals surface area (Å²) in [5.74, 6) is 0.782. The molecule has 0 spiro atoms. The minimum absolute atomic E-state index is 0.261. The maximum atomic E-state index is 9.87. The maximum Gasteiger partial charge on any atom is 0.115 e. The number of phenols is 3. The van der Waals surface area contributed by atoms with Gasteiger partial charge in [0.2, 0.25) is 0 Å². The van der Waals surface area contributed by atoms with Crippen molar-refractivity contribution in [3.05, 3.63) is 161 Å². The predicted octanol–water partition coefficient (Wildman–Crippen LogP) is 12.7. The van der Waals surface area contributed by atoms with Crippen LogP contribution < -0.4 is 0 Å². The molecule has 0 radical (unpaired) electrons. The first-order valence-electron chi connectivity index (χ1n) is 17.3. The molecule has 0 amide bonds. The molecular formula is C48H42O3. The molecule has 7 aromatic carbocycles. The Kier molecular flexibility index (Phi) is 8.74. The minimum Gasteiger partial charge on any atom is -0.508 e. The van der Waals surface area contributed by atoms with Gasteiger partial charge in [-0.3, -0.25) is 0 Å². The van der Waals surface area contributed by atoms with E-state index in [1.54, 1.807) is 36.4 Å². The fourth-order valence-electron chi connectivity index (χ4n) is 7.78. The molecule has 252 valence electrons. The molecule has 0 saturated carbocycles. The molecule has 0 aliphatic heterocycles. The molecule has 0 unspecified atom stereocenters. The van der Waals surface area contributed by atoms with E-state index in [4.69, 9.17) is 0 Å². The fourth-order valence-corrected chi connectivity index (χ4v) is 7.78. The van der Waals surface area contributed by atoms with E-state index in [0.717, 1.165) is 50.1 Å². The maximum absolute atomic E-state index is 9.87. The third kappa shape index (κ3) is 6.63. The highest BCUT2D eigenvalue weighted by Crippen LogP contribution is 2.42. The molecule has 0 atom stereocenters. The van der Waals surface area contributed by atoms with Crippen LogP contribution in [0.15, 0.2) is 127 Å². The molecule has 0 aliphatic carbocycles. The van der Waals surface area contributed by atoms with Gasteiger partial charge in [0.05, 0.1) is 0 Å². The minimum atomic E-state index is 0.261. The summed E-state index contributed by atoms with van der Waals surface area (Å²) >= 11 is 0. The molecule has 3 heteroatoms. The summed E-state index contributed by atoms with van der Waals surface area (Å²) in [4.78, 5) is 0. The molecule has 0 fully saturated rings. The van der Waals surface area contributed by atoms with Crippen molar-refractivity contribution in [3.63, 3.8) is 0 Å². The molecule has 7 aromatic rings. The third-order valence-electron chi connectivity index (χ3n) is 10.00. The third-order valence-corrected chi connectivity index (χ3v) is 10.00. The first kappa shape index (κ1) is 33.4. The van der Waals surface area contributed by atoms with Crippen molar-refractivity contribution < 1.29 is 15.3 Å². The Morgan fingerprint density at radius 3 is 0.627 bits per heavy atom. The Labute approximate surface area is 300 Å². The first-order valence-corrected chi connectivity index (χ1v) is 17.3. The van der Waals surface area contributed by atoms with Gasteiger partial charge >= 0.3 is 0 Å². The van der Waals surface area contributed by atoms with E-state index in [1.165, 1.54) is 50.1 Å².